The predicted octanol–water partition coefficient (Wildman–Crippen LogP) is 4.99. The van der Waals surface area contributed by atoms with Crippen molar-refractivity contribution in [3.8, 4) is 0 Å². The normalized spacial score (nSPS) is 12.6. The van der Waals surface area contributed by atoms with Gasteiger partial charge in [-0.25, -0.2) is 4.39 Å². The summed E-state index contributed by atoms with van der Waals surface area (Å²) in [6.07, 6.45) is 0. The summed E-state index contributed by atoms with van der Waals surface area (Å²) in [5, 5.41) is 2.63. The third-order valence-corrected chi connectivity index (χ3v) is 4.14. The maximum Gasteiger partial charge on any atom is 0.124 e. The standard InChI is InChI=1S/C18H15ClFN/c1-11-6-8-15(14-5-3-2-4-13(11)14)18(21)16-9-7-12(20)10-17(16)19/h2-10,18H,21H2,1H3. The number of benzene rings is 3. The average Bonchev–Trinajstić information content (AvgIpc) is 2.47. The Kier molecular flexibility index (Phi) is 3.66. The van der Waals surface area contributed by atoms with Crippen LogP contribution < -0.4 is 5.73 Å². The number of hydrogen-bond donors (Lipinski definition) is 1. The van der Waals surface area contributed by atoms with Crippen LogP contribution in [0.2, 0.25) is 5.02 Å². The van der Waals surface area contributed by atoms with E-state index >= 15 is 0 Å². The molecule has 3 aromatic rings. The van der Waals surface area contributed by atoms with Gasteiger partial charge in [-0.2, -0.15) is 0 Å². The Bertz CT molecular complexity index is 813. The fourth-order valence-electron chi connectivity index (χ4n) is 2.67. The first-order valence-electron chi connectivity index (χ1n) is 6.76. The number of aryl methyl sites for hydroxylation is 1. The van der Waals surface area contributed by atoms with Gasteiger partial charge in [0.1, 0.15) is 5.82 Å². The fraction of sp³-hybridized carbons (Fsp3) is 0.111. The van der Waals surface area contributed by atoms with Crippen molar-refractivity contribution in [3.05, 3.63) is 82.1 Å². The third kappa shape index (κ3) is 2.53. The molecule has 0 aromatic heterocycles. The van der Waals surface area contributed by atoms with Crippen molar-refractivity contribution in [1.29, 1.82) is 0 Å². The zero-order chi connectivity index (χ0) is 15.0. The van der Waals surface area contributed by atoms with Crippen LogP contribution in [0, 0.1) is 12.7 Å². The molecule has 0 radical (unpaired) electrons. The molecule has 1 nitrogen and oxygen atoms in total. The minimum atomic E-state index is -0.386. The van der Waals surface area contributed by atoms with Crippen LogP contribution in [0.1, 0.15) is 22.7 Å². The summed E-state index contributed by atoms with van der Waals surface area (Å²) < 4.78 is 13.2. The van der Waals surface area contributed by atoms with E-state index in [9.17, 15) is 4.39 Å². The van der Waals surface area contributed by atoms with E-state index in [1.54, 1.807) is 6.07 Å². The number of nitrogens with two attached hydrogens (primary N) is 1. The van der Waals surface area contributed by atoms with Gasteiger partial charge < -0.3 is 5.73 Å². The summed E-state index contributed by atoms with van der Waals surface area (Å²) in [5.74, 6) is -0.357. The highest BCUT2D eigenvalue weighted by Gasteiger charge is 2.16. The molecule has 0 saturated carbocycles. The lowest BCUT2D eigenvalue weighted by Gasteiger charge is -2.17. The van der Waals surface area contributed by atoms with Crippen LogP contribution in [0.15, 0.2) is 54.6 Å². The molecular weight excluding hydrogens is 285 g/mol. The molecule has 0 aliphatic rings. The van der Waals surface area contributed by atoms with Crippen LogP contribution in [-0.2, 0) is 0 Å². The van der Waals surface area contributed by atoms with E-state index in [0.29, 0.717) is 5.02 Å². The monoisotopic (exact) mass is 299 g/mol. The van der Waals surface area contributed by atoms with E-state index in [4.69, 9.17) is 17.3 Å². The van der Waals surface area contributed by atoms with Crippen molar-refractivity contribution < 1.29 is 4.39 Å². The zero-order valence-corrected chi connectivity index (χ0v) is 12.4. The topological polar surface area (TPSA) is 26.0 Å². The Labute approximate surface area is 128 Å². The first kappa shape index (κ1) is 14.1. The minimum Gasteiger partial charge on any atom is -0.320 e. The highest BCUT2D eigenvalue weighted by Crippen LogP contribution is 2.32. The van der Waals surface area contributed by atoms with Crippen LogP contribution in [0.5, 0.6) is 0 Å². The summed E-state index contributed by atoms with van der Waals surface area (Å²) in [6.45, 7) is 2.07. The number of fused-ring (bicyclic) bond motifs is 1. The molecule has 106 valence electrons. The molecule has 0 aliphatic heterocycles. The van der Waals surface area contributed by atoms with E-state index in [0.717, 1.165) is 16.5 Å². The molecule has 3 heteroatoms. The minimum absolute atomic E-state index is 0.354. The van der Waals surface area contributed by atoms with Crippen molar-refractivity contribution in [2.24, 2.45) is 5.73 Å². The largest absolute Gasteiger partial charge is 0.320 e. The van der Waals surface area contributed by atoms with Crippen molar-refractivity contribution in [3.63, 3.8) is 0 Å². The van der Waals surface area contributed by atoms with Gasteiger partial charge in [0.15, 0.2) is 0 Å². The van der Waals surface area contributed by atoms with Crippen LogP contribution in [0.3, 0.4) is 0 Å². The lowest BCUT2D eigenvalue weighted by atomic mass is 9.92. The van der Waals surface area contributed by atoms with Gasteiger partial charge in [-0.05, 0) is 46.5 Å². The van der Waals surface area contributed by atoms with Gasteiger partial charge in [0, 0.05) is 5.02 Å². The van der Waals surface area contributed by atoms with Crippen molar-refractivity contribution in [2.75, 3.05) is 0 Å². The van der Waals surface area contributed by atoms with Crippen LogP contribution >= 0.6 is 11.6 Å². The SMILES string of the molecule is Cc1ccc(C(N)c2ccc(F)cc2Cl)c2ccccc12. The molecule has 1 unspecified atom stereocenters. The maximum absolute atomic E-state index is 13.2. The van der Waals surface area contributed by atoms with Gasteiger partial charge in [-0.3, -0.25) is 0 Å². The lowest BCUT2D eigenvalue weighted by Crippen LogP contribution is -2.13. The van der Waals surface area contributed by atoms with Gasteiger partial charge in [0.25, 0.3) is 0 Å². The van der Waals surface area contributed by atoms with Gasteiger partial charge in [0.05, 0.1) is 6.04 Å². The maximum atomic E-state index is 13.2. The number of rotatable bonds is 2. The molecule has 21 heavy (non-hydrogen) atoms. The quantitative estimate of drug-likeness (QED) is 0.709. The molecule has 3 rings (SSSR count). The fourth-order valence-corrected chi connectivity index (χ4v) is 2.95. The third-order valence-electron chi connectivity index (χ3n) is 3.81. The summed E-state index contributed by atoms with van der Waals surface area (Å²) in [6, 6.07) is 16.1. The van der Waals surface area contributed by atoms with Crippen LogP contribution in [0.4, 0.5) is 4.39 Å². The van der Waals surface area contributed by atoms with Gasteiger partial charge >= 0.3 is 0 Å². The second kappa shape index (κ2) is 5.47. The van der Waals surface area contributed by atoms with E-state index in [1.165, 1.54) is 23.1 Å². The first-order valence-corrected chi connectivity index (χ1v) is 7.14. The zero-order valence-electron chi connectivity index (χ0n) is 11.6. The van der Waals surface area contributed by atoms with Crippen molar-refractivity contribution in [2.45, 2.75) is 13.0 Å². The summed E-state index contributed by atoms with van der Waals surface area (Å²) in [7, 11) is 0. The Balaban J connectivity index is 2.18. The molecule has 0 amide bonds. The first-order chi connectivity index (χ1) is 10.1. The molecular formula is C18H15ClFN. The van der Waals surface area contributed by atoms with Crippen LogP contribution in [0.25, 0.3) is 10.8 Å². The Morgan fingerprint density at radius 1 is 0.952 bits per heavy atom. The smallest absolute Gasteiger partial charge is 0.124 e. The number of hydrogen-bond acceptors (Lipinski definition) is 1. The molecule has 3 aromatic carbocycles. The predicted molar refractivity (Wildman–Crippen MR) is 86.1 cm³/mol. The molecule has 2 N–H and O–H groups in total. The molecule has 0 bridgehead atoms. The molecule has 0 aliphatic carbocycles. The Hall–Kier alpha value is -1.90. The Morgan fingerprint density at radius 3 is 2.33 bits per heavy atom. The van der Waals surface area contributed by atoms with Crippen molar-refractivity contribution in [1.82, 2.24) is 0 Å². The molecule has 1 atom stereocenters. The summed E-state index contributed by atoms with van der Waals surface area (Å²) in [4.78, 5) is 0. The molecule has 0 saturated heterocycles. The van der Waals surface area contributed by atoms with Gasteiger partial charge in [-0.15, -0.1) is 0 Å². The summed E-state index contributed by atoms with van der Waals surface area (Å²) in [5.41, 5.74) is 9.30. The summed E-state index contributed by atoms with van der Waals surface area (Å²) >= 11 is 6.14. The van der Waals surface area contributed by atoms with E-state index in [2.05, 4.69) is 25.1 Å². The highest BCUT2D eigenvalue weighted by molar-refractivity contribution is 6.31. The van der Waals surface area contributed by atoms with Crippen molar-refractivity contribution >= 4 is 22.4 Å². The highest BCUT2D eigenvalue weighted by atomic mass is 35.5. The second-order valence-electron chi connectivity index (χ2n) is 5.16. The lowest BCUT2D eigenvalue weighted by molar-refractivity contribution is 0.626. The molecule has 0 fully saturated rings. The molecule has 0 heterocycles. The van der Waals surface area contributed by atoms with Gasteiger partial charge in [-0.1, -0.05) is 54.1 Å². The second-order valence-corrected chi connectivity index (χ2v) is 5.57. The van der Waals surface area contributed by atoms with Gasteiger partial charge in [0.2, 0.25) is 0 Å². The van der Waals surface area contributed by atoms with E-state index in [1.807, 2.05) is 18.2 Å². The number of halogens is 2. The Morgan fingerprint density at radius 2 is 1.62 bits per heavy atom. The van der Waals surface area contributed by atoms with E-state index in [-0.39, 0.29) is 11.9 Å². The molecule has 0 spiro atoms. The van der Waals surface area contributed by atoms with Crippen LogP contribution in [-0.4, -0.2) is 0 Å². The van der Waals surface area contributed by atoms with E-state index < -0.39 is 0 Å². The average molecular weight is 300 g/mol.